The number of aromatic nitrogens is 3. The number of pyridine rings is 1. The van der Waals surface area contributed by atoms with Crippen LogP contribution in [0.5, 0.6) is 5.75 Å². The molecule has 0 aliphatic heterocycles. The second-order valence-corrected chi connectivity index (χ2v) is 8.76. The summed E-state index contributed by atoms with van der Waals surface area (Å²) in [5.41, 5.74) is -0.0448. The Morgan fingerprint density at radius 3 is 2.66 bits per heavy atom. The first-order valence-corrected chi connectivity index (χ1v) is 11.7. The Balaban J connectivity index is 1.52. The number of nitrogens with one attached hydrogen (secondary N) is 2. The van der Waals surface area contributed by atoms with Gasteiger partial charge in [0, 0.05) is 12.2 Å². The lowest BCUT2D eigenvalue weighted by atomic mass is 9.84. The molecule has 4 rings (SSSR count). The van der Waals surface area contributed by atoms with Gasteiger partial charge in [-0.25, -0.2) is 9.78 Å². The first kappa shape index (κ1) is 24.1. The highest BCUT2D eigenvalue weighted by Crippen LogP contribution is 2.26. The lowest BCUT2D eigenvalue weighted by Crippen LogP contribution is -2.39. The van der Waals surface area contributed by atoms with Crippen molar-refractivity contribution in [3.05, 3.63) is 75.8 Å². The van der Waals surface area contributed by atoms with E-state index in [1.807, 2.05) is 37.3 Å². The Kier molecular flexibility index (Phi) is 7.54. The molecule has 1 amide bonds. The predicted molar refractivity (Wildman–Crippen MR) is 129 cm³/mol. The number of esters is 1. The zero-order valence-electron chi connectivity index (χ0n) is 19.5. The summed E-state index contributed by atoms with van der Waals surface area (Å²) in [6.07, 6.45) is 6.88. The van der Waals surface area contributed by atoms with Gasteiger partial charge in [-0.2, -0.15) is 0 Å². The number of carbonyl (C=O) groups excluding carboxylic acids is 2. The molecule has 9 heteroatoms. The number of aromatic hydroxyl groups is 1. The molecular formula is C26H28N4O5. The van der Waals surface area contributed by atoms with Gasteiger partial charge < -0.3 is 20.1 Å². The molecule has 1 aliphatic rings. The van der Waals surface area contributed by atoms with Gasteiger partial charge in [-0.05, 0) is 43.4 Å². The van der Waals surface area contributed by atoms with Crippen LogP contribution in [-0.2, 0) is 11.3 Å². The molecule has 182 valence electrons. The largest absolute Gasteiger partial charge is 0.501 e. The van der Waals surface area contributed by atoms with Crippen LogP contribution in [-0.4, -0.2) is 38.0 Å². The summed E-state index contributed by atoms with van der Waals surface area (Å²) < 4.78 is 5.35. The van der Waals surface area contributed by atoms with Crippen molar-refractivity contribution in [2.24, 2.45) is 5.92 Å². The molecule has 1 atom stereocenters. The number of aromatic amines is 1. The molecule has 2 aromatic heterocycles. The molecule has 3 aromatic rings. The third kappa shape index (κ3) is 5.92. The van der Waals surface area contributed by atoms with Crippen LogP contribution in [0.4, 0.5) is 0 Å². The lowest BCUT2D eigenvalue weighted by molar-refractivity contribution is 0.0472. The van der Waals surface area contributed by atoms with Crippen molar-refractivity contribution in [2.75, 3.05) is 0 Å². The summed E-state index contributed by atoms with van der Waals surface area (Å²) in [5.74, 6) is -1.66. The molecule has 35 heavy (non-hydrogen) atoms. The molecule has 0 bridgehead atoms. The summed E-state index contributed by atoms with van der Waals surface area (Å²) in [7, 11) is 0. The quantitative estimate of drug-likeness (QED) is 0.444. The third-order valence-corrected chi connectivity index (χ3v) is 6.28. The average molecular weight is 477 g/mol. The number of nitrogens with zero attached hydrogens (tertiary/aromatic N) is 2. The van der Waals surface area contributed by atoms with E-state index in [1.54, 1.807) is 0 Å². The van der Waals surface area contributed by atoms with Crippen molar-refractivity contribution >= 4 is 11.9 Å². The molecule has 0 unspecified atom stereocenters. The van der Waals surface area contributed by atoms with Crippen molar-refractivity contribution in [1.29, 1.82) is 0 Å². The lowest BCUT2D eigenvalue weighted by Gasteiger charge is -2.28. The molecular weight excluding hydrogens is 448 g/mol. The van der Waals surface area contributed by atoms with Crippen LogP contribution in [0.3, 0.4) is 0 Å². The molecule has 9 nitrogen and oxygen atoms in total. The van der Waals surface area contributed by atoms with E-state index in [4.69, 9.17) is 4.74 Å². The standard InChI is InChI=1S/C26H28N4O5/c1-16(18-10-6-3-7-11-18)28-24(32)21-22(31)25(33)30-23(29-21)20-14-19(12-13-27-20)26(34)35-15-17-8-4-2-5-9-17/h2,4-5,8-9,12-14,16,18,31H,3,6-7,10-11,15H2,1H3,(H,28,32)(H,29,30,33)/t16-/m0/s1. The van der Waals surface area contributed by atoms with E-state index in [0.29, 0.717) is 5.92 Å². The van der Waals surface area contributed by atoms with Gasteiger partial charge in [0.05, 0.1) is 5.56 Å². The Morgan fingerprint density at radius 1 is 1.17 bits per heavy atom. The molecule has 0 spiro atoms. The number of ether oxygens (including phenoxy) is 1. The average Bonchev–Trinajstić information content (AvgIpc) is 2.89. The summed E-state index contributed by atoms with van der Waals surface area (Å²) in [4.78, 5) is 48.5. The Hall–Kier alpha value is -4.01. The number of hydrogen-bond acceptors (Lipinski definition) is 7. The Bertz CT molecular complexity index is 1250. The monoisotopic (exact) mass is 476 g/mol. The van der Waals surface area contributed by atoms with Crippen molar-refractivity contribution < 1.29 is 19.4 Å². The van der Waals surface area contributed by atoms with E-state index in [9.17, 15) is 19.5 Å². The van der Waals surface area contributed by atoms with Crippen molar-refractivity contribution in [3.63, 3.8) is 0 Å². The first-order chi connectivity index (χ1) is 16.9. The minimum atomic E-state index is -0.871. The van der Waals surface area contributed by atoms with Gasteiger partial charge in [-0.1, -0.05) is 49.6 Å². The van der Waals surface area contributed by atoms with Gasteiger partial charge in [0.15, 0.2) is 11.5 Å². The van der Waals surface area contributed by atoms with Crippen LogP contribution < -0.4 is 10.9 Å². The molecule has 0 saturated heterocycles. The summed E-state index contributed by atoms with van der Waals surface area (Å²) in [6.45, 7) is 2.03. The maximum Gasteiger partial charge on any atom is 0.338 e. The Labute approximate surface area is 202 Å². The zero-order chi connectivity index (χ0) is 24.8. The minimum Gasteiger partial charge on any atom is -0.501 e. The number of rotatable bonds is 7. The van der Waals surface area contributed by atoms with Crippen molar-refractivity contribution in [2.45, 2.75) is 51.7 Å². The van der Waals surface area contributed by atoms with Crippen LogP contribution >= 0.6 is 0 Å². The summed E-state index contributed by atoms with van der Waals surface area (Å²) >= 11 is 0. The molecule has 1 aliphatic carbocycles. The molecule has 0 radical (unpaired) electrons. The van der Waals surface area contributed by atoms with Gasteiger partial charge >= 0.3 is 5.97 Å². The molecule has 1 aromatic carbocycles. The number of carbonyl (C=O) groups is 2. The van der Waals surface area contributed by atoms with Crippen LogP contribution in [0.15, 0.2) is 53.5 Å². The SMILES string of the molecule is C[C@H](NC(=O)c1nc(-c2cc(C(=O)OCc3ccccc3)ccn2)[nH]c(=O)c1O)C1CCCCC1. The van der Waals surface area contributed by atoms with E-state index in [0.717, 1.165) is 31.2 Å². The highest BCUT2D eigenvalue weighted by Gasteiger charge is 2.25. The molecule has 2 heterocycles. The predicted octanol–water partition coefficient (Wildman–Crippen LogP) is 3.59. The fourth-order valence-electron chi connectivity index (χ4n) is 4.27. The van der Waals surface area contributed by atoms with Gasteiger partial charge in [0.1, 0.15) is 12.3 Å². The van der Waals surface area contributed by atoms with E-state index >= 15 is 0 Å². The van der Waals surface area contributed by atoms with E-state index in [-0.39, 0.29) is 35.4 Å². The number of hydrogen-bond donors (Lipinski definition) is 3. The molecule has 3 N–H and O–H groups in total. The van der Waals surface area contributed by atoms with Crippen LogP contribution in [0.1, 0.15) is 65.4 Å². The smallest absolute Gasteiger partial charge is 0.338 e. The van der Waals surface area contributed by atoms with Crippen LogP contribution in [0.2, 0.25) is 0 Å². The van der Waals surface area contributed by atoms with E-state index < -0.39 is 23.2 Å². The first-order valence-electron chi connectivity index (χ1n) is 11.7. The van der Waals surface area contributed by atoms with E-state index in [1.165, 1.54) is 24.8 Å². The summed E-state index contributed by atoms with van der Waals surface area (Å²) in [5, 5.41) is 13.1. The topological polar surface area (TPSA) is 134 Å². The van der Waals surface area contributed by atoms with Crippen LogP contribution in [0.25, 0.3) is 11.5 Å². The van der Waals surface area contributed by atoms with Crippen LogP contribution in [0, 0.1) is 5.92 Å². The normalized spacial score (nSPS) is 14.8. The number of benzene rings is 1. The maximum atomic E-state index is 12.9. The fraction of sp³-hybridized carbons (Fsp3) is 0.346. The third-order valence-electron chi connectivity index (χ3n) is 6.28. The van der Waals surface area contributed by atoms with Gasteiger partial charge in [-0.15, -0.1) is 0 Å². The highest BCUT2D eigenvalue weighted by atomic mass is 16.5. The molecule has 1 fully saturated rings. The minimum absolute atomic E-state index is 0.0408. The summed E-state index contributed by atoms with van der Waals surface area (Å²) in [6, 6.07) is 12.0. The highest BCUT2D eigenvalue weighted by molar-refractivity contribution is 5.95. The zero-order valence-corrected chi connectivity index (χ0v) is 19.5. The van der Waals surface area contributed by atoms with Gasteiger partial charge in [0.2, 0.25) is 5.75 Å². The van der Waals surface area contributed by atoms with Gasteiger partial charge in [0.25, 0.3) is 11.5 Å². The van der Waals surface area contributed by atoms with Crippen molar-refractivity contribution in [1.82, 2.24) is 20.3 Å². The molecule has 1 saturated carbocycles. The second-order valence-electron chi connectivity index (χ2n) is 8.76. The number of amides is 1. The Morgan fingerprint density at radius 2 is 1.91 bits per heavy atom. The second kappa shape index (κ2) is 10.9. The maximum absolute atomic E-state index is 12.9. The fourth-order valence-corrected chi connectivity index (χ4v) is 4.27. The number of H-pyrrole nitrogens is 1. The van der Waals surface area contributed by atoms with Gasteiger partial charge in [-0.3, -0.25) is 14.6 Å². The van der Waals surface area contributed by atoms with E-state index in [2.05, 4.69) is 20.3 Å². The van der Waals surface area contributed by atoms with Crippen molar-refractivity contribution in [3.8, 4) is 17.3 Å².